The summed E-state index contributed by atoms with van der Waals surface area (Å²) in [5.74, 6) is 0. The minimum absolute atomic E-state index is 0.256. The van der Waals surface area contributed by atoms with Crippen LogP contribution in [0.1, 0.15) is 33.8 Å². The van der Waals surface area contributed by atoms with Crippen molar-refractivity contribution in [2.24, 2.45) is 0 Å². The van der Waals surface area contributed by atoms with E-state index in [2.05, 4.69) is 82.2 Å². The lowest BCUT2D eigenvalue weighted by atomic mass is 10.0. The fourth-order valence-corrected chi connectivity index (χ4v) is 4.64. The van der Waals surface area contributed by atoms with Crippen molar-refractivity contribution < 1.29 is 0 Å². The number of nitrogens with one attached hydrogen (secondary N) is 1. The molecular formula is C15H17Br2NS. The predicted molar refractivity (Wildman–Crippen MR) is 91.2 cm³/mol. The Bertz CT molecular complexity index is 578. The summed E-state index contributed by atoms with van der Waals surface area (Å²) in [4.78, 5) is 2.77. The van der Waals surface area contributed by atoms with Crippen LogP contribution in [0.25, 0.3) is 0 Å². The molecule has 19 heavy (non-hydrogen) atoms. The van der Waals surface area contributed by atoms with Gasteiger partial charge >= 0.3 is 0 Å². The lowest BCUT2D eigenvalue weighted by Crippen LogP contribution is -2.22. The second kappa shape index (κ2) is 6.53. The Morgan fingerprint density at radius 3 is 2.47 bits per heavy atom. The van der Waals surface area contributed by atoms with Crippen molar-refractivity contribution in [2.45, 2.75) is 26.8 Å². The lowest BCUT2D eigenvalue weighted by molar-refractivity contribution is 0.635. The molecule has 1 aromatic heterocycles. The molecule has 0 saturated heterocycles. The summed E-state index contributed by atoms with van der Waals surface area (Å²) in [7, 11) is 0. The van der Waals surface area contributed by atoms with E-state index in [4.69, 9.17) is 0 Å². The molecule has 4 heteroatoms. The minimum Gasteiger partial charge on any atom is -0.306 e. The highest BCUT2D eigenvalue weighted by Gasteiger charge is 2.19. The van der Waals surface area contributed by atoms with E-state index in [0.29, 0.717) is 0 Å². The number of rotatable bonds is 4. The normalized spacial score (nSPS) is 12.7. The van der Waals surface area contributed by atoms with E-state index in [9.17, 15) is 0 Å². The Kier molecular flexibility index (Phi) is 5.23. The number of thiophene rings is 1. The van der Waals surface area contributed by atoms with Crippen LogP contribution in [0.15, 0.2) is 33.2 Å². The van der Waals surface area contributed by atoms with Gasteiger partial charge in [-0.3, -0.25) is 0 Å². The minimum atomic E-state index is 0.256. The standard InChI is InChI=1S/C15H17Br2NS/c1-4-18-14(15-9(2)7-10(3)19-15)12-6-5-11(16)8-13(12)17/h5-8,14,18H,4H2,1-3H3. The average molecular weight is 403 g/mol. The third kappa shape index (κ3) is 3.48. The molecule has 0 fully saturated rings. The van der Waals surface area contributed by atoms with E-state index in [1.165, 1.54) is 20.9 Å². The first-order chi connectivity index (χ1) is 9.02. The molecule has 0 amide bonds. The van der Waals surface area contributed by atoms with Crippen LogP contribution in [0.4, 0.5) is 0 Å². The van der Waals surface area contributed by atoms with Crippen LogP contribution in [0, 0.1) is 13.8 Å². The molecule has 0 aliphatic rings. The molecule has 1 atom stereocenters. The van der Waals surface area contributed by atoms with Crippen molar-refractivity contribution in [1.82, 2.24) is 5.32 Å². The highest BCUT2D eigenvalue weighted by atomic mass is 79.9. The molecule has 0 aliphatic heterocycles. The average Bonchev–Trinajstić information content (AvgIpc) is 2.66. The van der Waals surface area contributed by atoms with E-state index in [1.54, 1.807) is 0 Å². The van der Waals surface area contributed by atoms with E-state index < -0.39 is 0 Å². The van der Waals surface area contributed by atoms with Gasteiger partial charge in [0.2, 0.25) is 0 Å². The van der Waals surface area contributed by atoms with E-state index in [-0.39, 0.29) is 6.04 Å². The fraction of sp³-hybridized carbons (Fsp3) is 0.333. The van der Waals surface area contributed by atoms with Gasteiger partial charge in [0, 0.05) is 18.7 Å². The smallest absolute Gasteiger partial charge is 0.0684 e. The molecule has 1 aromatic carbocycles. The van der Waals surface area contributed by atoms with E-state index in [1.807, 2.05) is 11.3 Å². The van der Waals surface area contributed by atoms with Crippen molar-refractivity contribution in [2.75, 3.05) is 6.54 Å². The lowest BCUT2D eigenvalue weighted by Gasteiger charge is -2.20. The second-order valence-corrected chi connectivity index (χ2v) is 7.62. The number of aryl methyl sites for hydroxylation is 2. The maximum Gasteiger partial charge on any atom is 0.0684 e. The molecular weight excluding hydrogens is 386 g/mol. The molecule has 1 unspecified atom stereocenters. The highest BCUT2D eigenvalue weighted by molar-refractivity contribution is 9.11. The molecule has 1 heterocycles. The Hall–Kier alpha value is -0.160. The maximum atomic E-state index is 3.68. The van der Waals surface area contributed by atoms with Crippen LogP contribution in [0.2, 0.25) is 0 Å². The van der Waals surface area contributed by atoms with Gasteiger partial charge in [-0.05, 0) is 49.7 Å². The molecule has 1 N–H and O–H groups in total. The number of hydrogen-bond donors (Lipinski definition) is 1. The van der Waals surface area contributed by atoms with Crippen molar-refractivity contribution in [1.29, 1.82) is 0 Å². The van der Waals surface area contributed by atoms with Crippen LogP contribution < -0.4 is 5.32 Å². The van der Waals surface area contributed by atoms with Gasteiger partial charge in [-0.1, -0.05) is 44.8 Å². The third-order valence-electron chi connectivity index (χ3n) is 3.02. The molecule has 2 aromatic rings. The van der Waals surface area contributed by atoms with Gasteiger partial charge in [0.15, 0.2) is 0 Å². The second-order valence-electron chi connectivity index (χ2n) is 4.56. The molecule has 0 spiro atoms. The molecule has 102 valence electrons. The first-order valence-electron chi connectivity index (χ1n) is 6.28. The Labute approximate surface area is 135 Å². The van der Waals surface area contributed by atoms with Gasteiger partial charge in [0.05, 0.1) is 6.04 Å². The number of hydrogen-bond acceptors (Lipinski definition) is 2. The van der Waals surface area contributed by atoms with Crippen LogP contribution >= 0.6 is 43.2 Å². The van der Waals surface area contributed by atoms with Gasteiger partial charge in [0.25, 0.3) is 0 Å². The van der Waals surface area contributed by atoms with Crippen molar-refractivity contribution in [3.63, 3.8) is 0 Å². The van der Waals surface area contributed by atoms with Gasteiger partial charge in [-0.15, -0.1) is 11.3 Å². The molecule has 1 nitrogen and oxygen atoms in total. The van der Waals surface area contributed by atoms with Gasteiger partial charge < -0.3 is 5.32 Å². The zero-order valence-electron chi connectivity index (χ0n) is 11.3. The summed E-state index contributed by atoms with van der Waals surface area (Å²) in [6.07, 6.45) is 0. The van der Waals surface area contributed by atoms with Crippen LogP contribution in [-0.4, -0.2) is 6.54 Å². The Morgan fingerprint density at radius 2 is 1.95 bits per heavy atom. The summed E-state index contributed by atoms with van der Waals surface area (Å²) in [5.41, 5.74) is 2.65. The number of halogens is 2. The third-order valence-corrected chi connectivity index (χ3v) is 5.42. The maximum absolute atomic E-state index is 3.68. The molecule has 0 saturated carbocycles. The van der Waals surface area contributed by atoms with Gasteiger partial charge in [0.1, 0.15) is 0 Å². The van der Waals surface area contributed by atoms with Crippen molar-refractivity contribution in [3.05, 3.63) is 54.1 Å². The summed E-state index contributed by atoms with van der Waals surface area (Å²) in [5, 5.41) is 3.59. The van der Waals surface area contributed by atoms with Crippen LogP contribution in [0.5, 0.6) is 0 Å². The monoisotopic (exact) mass is 401 g/mol. The van der Waals surface area contributed by atoms with Crippen molar-refractivity contribution in [3.8, 4) is 0 Å². The van der Waals surface area contributed by atoms with Crippen LogP contribution in [-0.2, 0) is 0 Å². The van der Waals surface area contributed by atoms with Gasteiger partial charge in [-0.2, -0.15) is 0 Å². The quantitative estimate of drug-likeness (QED) is 0.702. The Balaban J connectivity index is 2.48. The molecule has 0 aliphatic carbocycles. The topological polar surface area (TPSA) is 12.0 Å². The summed E-state index contributed by atoms with van der Waals surface area (Å²) >= 11 is 9.07. The zero-order chi connectivity index (χ0) is 14.0. The van der Waals surface area contributed by atoms with E-state index in [0.717, 1.165) is 15.5 Å². The largest absolute Gasteiger partial charge is 0.306 e. The zero-order valence-corrected chi connectivity index (χ0v) is 15.2. The molecule has 2 rings (SSSR count). The fourth-order valence-electron chi connectivity index (χ4n) is 2.23. The highest BCUT2D eigenvalue weighted by Crippen LogP contribution is 2.36. The Morgan fingerprint density at radius 1 is 1.21 bits per heavy atom. The molecule has 0 radical (unpaired) electrons. The first kappa shape index (κ1) is 15.2. The molecule has 0 bridgehead atoms. The van der Waals surface area contributed by atoms with Crippen molar-refractivity contribution >= 4 is 43.2 Å². The van der Waals surface area contributed by atoms with Gasteiger partial charge in [-0.25, -0.2) is 0 Å². The summed E-state index contributed by atoms with van der Waals surface area (Å²) in [6.45, 7) is 7.45. The predicted octanol–water partition coefficient (Wildman–Crippen LogP) is 5.59. The number of benzene rings is 1. The summed E-state index contributed by atoms with van der Waals surface area (Å²) < 4.78 is 2.23. The van der Waals surface area contributed by atoms with Crippen LogP contribution in [0.3, 0.4) is 0 Å². The van der Waals surface area contributed by atoms with E-state index >= 15 is 0 Å². The first-order valence-corrected chi connectivity index (χ1v) is 8.68. The SMILES string of the molecule is CCNC(c1ccc(Br)cc1Br)c1sc(C)cc1C. The summed E-state index contributed by atoms with van der Waals surface area (Å²) in [6, 6.07) is 8.90.